The molecule has 1 amide bonds. The van der Waals surface area contributed by atoms with E-state index in [1.165, 1.54) is 0 Å². The fourth-order valence-corrected chi connectivity index (χ4v) is 2.38. The second-order valence-corrected chi connectivity index (χ2v) is 5.44. The van der Waals surface area contributed by atoms with Crippen molar-refractivity contribution in [3.63, 3.8) is 0 Å². The van der Waals surface area contributed by atoms with Gasteiger partial charge in [-0.15, -0.1) is 0 Å². The maximum absolute atomic E-state index is 12.0. The van der Waals surface area contributed by atoms with Gasteiger partial charge in [0.1, 0.15) is 18.1 Å². The zero-order valence-electron chi connectivity index (χ0n) is 12.3. The normalized spacial score (nSPS) is 10.5. The lowest BCUT2D eigenvalue weighted by molar-refractivity contribution is 0.0953. The molecule has 0 fully saturated rings. The summed E-state index contributed by atoms with van der Waals surface area (Å²) < 4.78 is 11.5. The van der Waals surface area contributed by atoms with Crippen LogP contribution in [0.3, 0.4) is 0 Å². The molecule has 0 bridgehead atoms. The molecule has 1 heterocycles. The molecule has 4 N–H and O–H groups in total. The first-order chi connectivity index (χ1) is 10.6. The molecule has 8 heteroatoms. The summed E-state index contributed by atoms with van der Waals surface area (Å²) >= 11 is 3.42. The van der Waals surface area contributed by atoms with E-state index in [1.54, 1.807) is 14.0 Å². The number of aromatic amines is 1. The minimum absolute atomic E-state index is 0.386. The van der Waals surface area contributed by atoms with Crippen LogP contribution in [-0.2, 0) is 4.74 Å². The number of nitrogens with zero attached hydrogens (tertiary/aromatic N) is 1. The largest absolute Gasteiger partial charge is 0.490 e. The number of nitrogen functional groups attached to an aromatic ring is 1. The number of benzene rings is 1. The number of amides is 1. The van der Waals surface area contributed by atoms with Crippen molar-refractivity contribution in [1.29, 1.82) is 0 Å². The molecule has 0 aliphatic rings. The van der Waals surface area contributed by atoms with Gasteiger partial charge in [0.2, 0.25) is 0 Å². The van der Waals surface area contributed by atoms with E-state index in [0.717, 1.165) is 4.47 Å². The van der Waals surface area contributed by atoms with Crippen molar-refractivity contribution >= 4 is 21.8 Å². The summed E-state index contributed by atoms with van der Waals surface area (Å²) in [4.78, 5) is 12.0. The third kappa shape index (κ3) is 3.46. The van der Waals surface area contributed by atoms with Crippen LogP contribution in [-0.4, -0.2) is 36.4 Å². The average Bonchev–Trinajstić information content (AvgIpc) is 2.89. The number of rotatable bonds is 6. The van der Waals surface area contributed by atoms with E-state index in [-0.39, 0.29) is 0 Å². The molecular formula is C14H17BrN4O3. The molecule has 0 radical (unpaired) electrons. The zero-order valence-corrected chi connectivity index (χ0v) is 13.9. The molecular weight excluding hydrogens is 352 g/mol. The highest BCUT2D eigenvalue weighted by Gasteiger charge is 2.21. The number of ether oxygens (including phenoxy) is 2. The molecule has 0 atom stereocenters. The summed E-state index contributed by atoms with van der Waals surface area (Å²) in [5.41, 5.74) is 4.31. The van der Waals surface area contributed by atoms with E-state index >= 15 is 0 Å². The predicted octanol–water partition coefficient (Wildman–Crippen LogP) is 1.78. The monoisotopic (exact) mass is 368 g/mol. The molecule has 0 unspecified atom stereocenters. The van der Waals surface area contributed by atoms with Crippen molar-refractivity contribution in [2.24, 2.45) is 5.84 Å². The maximum Gasteiger partial charge on any atom is 0.269 e. The molecule has 118 valence electrons. The lowest BCUT2D eigenvalue weighted by Crippen LogP contribution is -2.30. The molecule has 2 aromatic rings. The quantitative estimate of drug-likeness (QED) is 0.312. The first kappa shape index (κ1) is 16.5. The van der Waals surface area contributed by atoms with Crippen molar-refractivity contribution in [2.45, 2.75) is 6.92 Å². The van der Waals surface area contributed by atoms with E-state index in [1.807, 2.05) is 18.2 Å². The van der Waals surface area contributed by atoms with E-state index in [2.05, 4.69) is 31.6 Å². The predicted molar refractivity (Wildman–Crippen MR) is 85.5 cm³/mol. The highest BCUT2D eigenvalue weighted by atomic mass is 79.9. The lowest BCUT2D eigenvalue weighted by Gasteiger charge is -2.11. The smallest absolute Gasteiger partial charge is 0.269 e. The van der Waals surface area contributed by atoms with Gasteiger partial charge in [-0.25, -0.2) is 5.84 Å². The van der Waals surface area contributed by atoms with Gasteiger partial charge in [0.25, 0.3) is 5.91 Å². The van der Waals surface area contributed by atoms with Gasteiger partial charge in [0.15, 0.2) is 0 Å². The Hall–Kier alpha value is -1.90. The van der Waals surface area contributed by atoms with Crippen LogP contribution < -0.4 is 16.0 Å². The van der Waals surface area contributed by atoms with Gasteiger partial charge >= 0.3 is 0 Å². The topological polar surface area (TPSA) is 102 Å². The summed E-state index contributed by atoms with van der Waals surface area (Å²) in [6.07, 6.45) is 0. The molecule has 2 rings (SSSR count). The third-order valence-electron chi connectivity index (χ3n) is 3.05. The number of carbonyl (C=O) groups is 1. The van der Waals surface area contributed by atoms with Crippen LogP contribution in [0.15, 0.2) is 22.7 Å². The highest BCUT2D eigenvalue weighted by Crippen LogP contribution is 2.34. The number of hydrogen-bond acceptors (Lipinski definition) is 5. The van der Waals surface area contributed by atoms with Gasteiger partial charge < -0.3 is 9.47 Å². The Balaban J connectivity index is 2.47. The number of halogens is 1. The summed E-state index contributed by atoms with van der Waals surface area (Å²) in [6.45, 7) is 2.61. The van der Waals surface area contributed by atoms with Gasteiger partial charge in [-0.05, 0) is 25.1 Å². The average molecular weight is 369 g/mol. The van der Waals surface area contributed by atoms with Gasteiger partial charge in [-0.2, -0.15) is 5.10 Å². The summed E-state index contributed by atoms with van der Waals surface area (Å²) in [7, 11) is 1.60. The van der Waals surface area contributed by atoms with Crippen LogP contribution in [0.5, 0.6) is 5.75 Å². The van der Waals surface area contributed by atoms with Crippen molar-refractivity contribution in [2.75, 3.05) is 20.3 Å². The molecule has 0 aliphatic heterocycles. The molecule has 0 saturated heterocycles. The first-order valence-electron chi connectivity index (χ1n) is 6.56. The lowest BCUT2D eigenvalue weighted by atomic mass is 10.0. The number of H-pyrrole nitrogens is 1. The molecule has 1 aromatic heterocycles. The molecule has 0 spiro atoms. The second-order valence-electron chi connectivity index (χ2n) is 4.53. The number of carbonyl (C=O) groups excluding carboxylic acids is 1. The van der Waals surface area contributed by atoms with Crippen LogP contribution in [0.25, 0.3) is 11.3 Å². The van der Waals surface area contributed by atoms with Crippen LogP contribution >= 0.6 is 15.9 Å². The van der Waals surface area contributed by atoms with Gasteiger partial charge in [0.05, 0.1) is 12.2 Å². The van der Waals surface area contributed by atoms with Gasteiger partial charge in [-0.3, -0.25) is 15.3 Å². The fraction of sp³-hybridized carbons (Fsp3) is 0.286. The van der Waals surface area contributed by atoms with Crippen LogP contribution in [0.2, 0.25) is 0 Å². The number of nitrogens with two attached hydrogens (primary N) is 1. The Morgan fingerprint density at radius 1 is 1.45 bits per heavy atom. The number of aryl methyl sites for hydroxylation is 1. The Bertz CT molecular complexity index is 672. The fourth-order valence-electron chi connectivity index (χ4n) is 2.02. The summed E-state index contributed by atoms with van der Waals surface area (Å²) in [6, 6.07) is 5.50. The number of nitrogens with one attached hydrogen (secondary N) is 2. The minimum Gasteiger partial charge on any atom is -0.490 e. The molecule has 0 aliphatic carbocycles. The Kier molecular flexibility index (Phi) is 5.53. The number of hydrogen-bond donors (Lipinski definition) is 3. The van der Waals surface area contributed by atoms with Crippen molar-refractivity contribution in [3.8, 4) is 17.0 Å². The van der Waals surface area contributed by atoms with E-state index in [0.29, 0.717) is 41.5 Å². The molecule has 7 nitrogen and oxygen atoms in total. The van der Waals surface area contributed by atoms with Crippen molar-refractivity contribution in [3.05, 3.63) is 33.9 Å². The van der Waals surface area contributed by atoms with Crippen LogP contribution in [0.4, 0.5) is 0 Å². The standard InChI is InChI=1S/C14H17BrN4O3/c1-8-12(14(20)17-16)13(19-18-8)10-7-9(15)3-4-11(10)22-6-5-21-2/h3-4,7H,5-6,16H2,1-2H3,(H,17,20)(H,18,19). The SMILES string of the molecule is COCCOc1ccc(Br)cc1-c1n[nH]c(C)c1C(=O)NN. The zero-order chi connectivity index (χ0) is 16.1. The molecule has 22 heavy (non-hydrogen) atoms. The minimum atomic E-state index is -0.413. The van der Waals surface area contributed by atoms with Crippen LogP contribution in [0, 0.1) is 6.92 Å². The number of hydrazine groups is 1. The number of methoxy groups -OCH3 is 1. The molecule has 1 aromatic carbocycles. The van der Waals surface area contributed by atoms with Crippen molar-refractivity contribution < 1.29 is 14.3 Å². The highest BCUT2D eigenvalue weighted by molar-refractivity contribution is 9.10. The molecule has 0 saturated carbocycles. The summed E-state index contributed by atoms with van der Waals surface area (Å²) in [5, 5.41) is 7.01. The second kappa shape index (κ2) is 7.39. The first-order valence-corrected chi connectivity index (χ1v) is 7.35. The van der Waals surface area contributed by atoms with Crippen LogP contribution in [0.1, 0.15) is 16.1 Å². The Labute approximate surface area is 136 Å². The Morgan fingerprint density at radius 2 is 2.23 bits per heavy atom. The van der Waals surface area contributed by atoms with E-state index < -0.39 is 5.91 Å². The van der Waals surface area contributed by atoms with Crippen molar-refractivity contribution in [1.82, 2.24) is 15.6 Å². The van der Waals surface area contributed by atoms with Gasteiger partial charge in [-0.1, -0.05) is 15.9 Å². The third-order valence-corrected chi connectivity index (χ3v) is 3.54. The van der Waals surface area contributed by atoms with Gasteiger partial charge in [0, 0.05) is 22.8 Å². The summed E-state index contributed by atoms with van der Waals surface area (Å²) in [5.74, 6) is 5.44. The Morgan fingerprint density at radius 3 is 2.91 bits per heavy atom. The maximum atomic E-state index is 12.0. The van der Waals surface area contributed by atoms with E-state index in [4.69, 9.17) is 15.3 Å². The number of aromatic nitrogens is 2. The van der Waals surface area contributed by atoms with E-state index in [9.17, 15) is 4.79 Å².